The second kappa shape index (κ2) is 21.2. The van der Waals surface area contributed by atoms with Crippen molar-refractivity contribution in [3.63, 3.8) is 0 Å². The molecule has 0 aliphatic rings. The van der Waals surface area contributed by atoms with Crippen molar-refractivity contribution in [1.82, 2.24) is 5.32 Å². The van der Waals surface area contributed by atoms with E-state index in [4.69, 9.17) is 0 Å². The van der Waals surface area contributed by atoms with E-state index in [0.717, 1.165) is 13.1 Å². The first-order valence-electron chi connectivity index (χ1n) is 12.1. The zero-order valence-electron chi connectivity index (χ0n) is 18.9. The first kappa shape index (κ1) is 27.5. The lowest BCUT2D eigenvalue weighted by Crippen LogP contribution is -2.15. The Labute approximate surface area is 182 Å². The van der Waals surface area contributed by atoms with Crippen molar-refractivity contribution in [3.8, 4) is 0 Å². The quantitative estimate of drug-likeness (QED) is 0.225. The summed E-state index contributed by atoms with van der Waals surface area (Å²) >= 11 is 0. The van der Waals surface area contributed by atoms with Crippen molar-refractivity contribution in [3.05, 3.63) is 35.4 Å². The summed E-state index contributed by atoms with van der Waals surface area (Å²) in [6, 6.07) is 8.69. The lowest BCUT2D eigenvalue weighted by molar-refractivity contribution is 0.525. The molecule has 0 heterocycles. The van der Waals surface area contributed by atoms with Gasteiger partial charge in [-0.25, -0.2) is 0 Å². The van der Waals surface area contributed by atoms with E-state index in [1.165, 1.54) is 114 Å². The molecule has 0 aromatic heterocycles. The molecule has 0 spiro atoms. The van der Waals surface area contributed by atoms with E-state index >= 15 is 0 Å². The molecule has 164 valence electrons. The fourth-order valence-corrected chi connectivity index (χ4v) is 3.83. The van der Waals surface area contributed by atoms with Gasteiger partial charge in [0.15, 0.2) is 0 Å². The number of halogens is 1. The van der Waals surface area contributed by atoms with Gasteiger partial charge in [-0.2, -0.15) is 0 Å². The smallest absolute Gasteiger partial charge is 0.0208 e. The Morgan fingerprint density at radius 1 is 0.607 bits per heavy atom. The number of nitrogens with one attached hydrogen (secondary N) is 1. The summed E-state index contributed by atoms with van der Waals surface area (Å²) in [6.07, 6.45) is 23.0. The standard InChI is InChI=1S/C26H47N.ClH/c1-3-4-5-6-7-8-9-10-11-12-13-14-15-16-17-20-23-27-24-26-22-19-18-21-25(26)2;/h18-19,21-22,27H,3-17,20,23-24H2,1-2H3;1H. The molecule has 0 amide bonds. The van der Waals surface area contributed by atoms with Gasteiger partial charge in [0.05, 0.1) is 0 Å². The SMILES string of the molecule is CCCCCCCCCCCCCCCCCCNCc1ccccc1C.Cl. The molecule has 0 unspecified atom stereocenters. The van der Waals surface area contributed by atoms with Gasteiger partial charge in [-0.15, -0.1) is 12.4 Å². The Bertz CT molecular complexity index is 432. The van der Waals surface area contributed by atoms with E-state index in [1.807, 2.05) is 0 Å². The Hall–Kier alpha value is -0.530. The molecular weight excluding hydrogens is 362 g/mol. The van der Waals surface area contributed by atoms with Gasteiger partial charge in [0.25, 0.3) is 0 Å². The van der Waals surface area contributed by atoms with Gasteiger partial charge >= 0.3 is 0 Å². The van der Waals surface area contributed by atoms with Crippen LogP contribution < -0.4 is 5.32 Å². The molecule has 1 nitrogen and oxygen atoms in total. The zero-order chi connectivity index (χ0) is 19.4. The molecule has 0 bridgehead atoms. The predicted molar refractivity (Wildman–Crippen MR) is 130 cm³/mol. The van der Waals surface area contributed by atoms with Crippen molar-refractivity contribution in [1.29, 1.82) is 0 Å². The summed E-state index contributed by atoms with van der Waals surface area (Å²) in [6.45, 7) is 6.68. The monoisotopic (exact) mass is 409 g/mol. The highest BCUT2D eigenvalue weighted by Crippen LogP contribution is 2.13. The van der Waals surface area contributed by atoms with E-state index in [1.54, 1.807) is 0 Å². The number of rotatable bonds is 19. The van der Waals surface area contributed by atoms with Crippen LogP contribution in [0.25, 0.3) is 0 Å². The number of hydrogen-bond donors (Lipinski definition) is 1. The molecule has 0 aliphatic carbocycles. The van der Waals surface area contributed by atoms with E-state index < -0.39 is 0 Å². The van der Waals surface area contributed by atoms with E-state index in [2.05, 4.69) is 43.4 Å². The Balaban J connectivity index is 0.00000729. The van der Waals surface area contributed by atoms with Crippen LogP contribution in [0.4, 0.5) is 0 Å². The van der Waals surface area contributed by atoms with Gasteiger partial charge in [-0.3, -0.25) is 0 Å². The minimum Gasteiger partial charge on any atom is -0.313 e. The van der Waals surface area contributed by atoms with Gasteiger partial charge in [-0.1, -0.05) is 128 Å². The lowest BCUT2D eigenvalue weighted by Gasteiger charge is -2.07. The van der Waals surface area contributed by atoms with Crippen LogP contribution in [0.2, 0.25) is 0 Å². The van der Waals surface area contributed by atoms with Crippen LogP contribution >= 0.6 is 12.4 Å². The summed E-state index contributed by atoms with van der Waals surface area (Å²) < 4.78 is 0. The lowest BCUT2D eigenvalue weighted by atomic mass is 10.0. The second-order valence-corrected chi connectivity index (χ2v) is 8.41. The van der Waals surface area contributed by atoms with Crippen molar-refractivity contribution >= 4 is 12.4 Å². The van der Waals surface area contributed by atoms with Crippen LogP contribution in [0, 0.1) is 6.92 Å². The minimum absolute atomic E-state index is 0. The molecule has 1 aromatic carbocycles. The van der Waals surface area contributed by atoms with Crippen LogP contribution in [-0.2, 0) is 6.54 Å². The number of benzene rings is 1. The van der Waals surface area contributed by atoms with E-state index in [-0.39, 0.29) is 12.4 Å². The Morgan fingerprint density at radius 2 is 1.04 bits per heavy atom. The number of hydrogen-bond acceptors (Lipinski definition) is 1. The molecule has 0 fully saturated rings. The molecule has 1 aromatic rings. The van der Waals surface area contributed by atoms with Crippen molar-refractivity contribution < 1.29 is 0 Å². The van der Waals surface area contributed by atoms with Gasteiger partial charge < -0.3 is 5.32 Å². The summed E-state index contributed by atoms with van der Waals surface area (Å²) in [5.41, 5.74) is 2.84. The van der Waals surface area contributed by atoms with Gasteiger partial charge in [0, 0.05) is 6.54 Å². The molecule has 0 aliphatic heterocycles. The van der Waals surface area contributed by atoms with E-state index in [0.29, 0.717) is 0 Å². The fourth-order valence-electron chi connectivity index (χ4n) is 3.83. The molecule has 2 heteroatoms. The molecule has 1 rings (SSSR count). The van der Waals surface area contributed by atoms with E-state index in [9.17, 15) is 0 Å². The summed E-state index contributed by atoms with van der Waals surface area (Å²) in [5, 5.41) is 3.59. The summed E-state index contributed by atoms with van der Waals surface area (Å²) in [5.74, 6) is 0. The molecule has 28 heavy (non-hydrogen) atoms. The van der Waals surface area contributed by atoms with Crippen LogP contribution in [0.5, 0.6) is 0 Å². The third kappa shape index (κ3) is 16.4. The average molecular weight is 410 g/mol. The van der Waals surface area contributed by atoms with Crippen molar-refractivity contribution in [2.45, 2.75) is 123 Å². The van der Waals surface area contributed by atoms with Crippen LogP contribution in [0.1, 0.15) is 121 Å². The number of unbranched alkanes of at least 4 members (excludes halogenated alkanes) is 15. The topological polar surface area (TPSA) is 12.0 Å². The second-order valence-electron chi connectivity index (χ2n) is 8.41. The number of aryl methyl sites for hydroxylation is 1. The minimum atomic E-state index is 0. The van der Waals surface area contributed by atoms with Gasteiger partial charge in [-0.05, 0) is 31.0 Å². The first-order valence-corrected chi connectivity index (χ1v) is 12.1. The highest BCUT2D eigenvalue weighted by atomic mass is 35.5. The fraction of sp³-hybridized carbons (Fsp3) is 0.769. The molecular formula is C26H48ClN. The van der Waals surface area contributed by atoms with Crippen molar-refractivity contribution in [2.75, 3.05) is 6.54 Å². The van der Waals surface area contributed by atoms with Gasteiger partial charge in [0.1, 0.15) is 0 Å². The highest BCUT2D eigenvalue weighted by Gasteiger charge is 1.97. The average Bonchev–Trinajstić information content (AvgIpc) is 2.68. The first-order chi connectivity index (χ1) is 13.3. The van der Waals surface area contributed by atoms with Gasteiger partial charge in [0.2, 0.25) is 0 Å². The Kier molecular flexibility index (Phi) is 20.8. The summed E-state index contributed by atoms with van der Waals surface area (Å²) in [4.78, 5) is 0. The van der Waals surface area contributed by atoms with Crippen LogP contribution in [0.3, 0.4) is 0 Å². The predicted octanol–water partition coefficient (Wildman–Crippen LogP) is 8.77. The Morgan fingerprint density at radius 3 is 1.50 bits per heavy atom. The van der Waals surface area contributed by atoms with Crippen molar-refractivity contribution in [2.24, 2.45) is 0 Å². The molecule has 0 atom stereocenters. The maximum atomic E-state index is 3.59. The third-order valence-electron chi connectivity index (χ3n) is 5.78. The normalized spacial score (nSPS) is 10.8. The molecule has 1 N–H and O–H groups in total. The molecule has 0 saturated heterocycles. The summed E-state index contributed by atoms with van der Waals surface area (Å²) in [7, 11) is 0. The zero-order valence-corrected chi connectivity index (χ0v) is 19.8. The third-order valence-corrected chi connectivity index (χ3v) is 5.78. The van der Waals surface area contributed by atoms with Crippen LogP contribution in [-0.4, -0.2) is 6.54 Å². The molecule has 0 radical (unpaired) electrons. The highest BCUT2D eigenvalue weighted by molar-refractivity contribution is 5.85. The maximum absolute atomic E-state index is 3.59. The molecule has 0 saturated carbocycles. The largest absolute Gasteiger partial charge is 0.313 e. The van der Waals surface area contributed by atoms with Crippen LogP contribution in [0.15, 0.2) is 24.3 Å². The maximum Gasteiger partial charge on any atom is 0.0208 e.